The third kappa shape index (κ3) is 4.52. The summed E-state index contributed by atoms with van der Waals surface area (Å²) in [6.07, 6.45) is -0.738. The van der Waals surface area contributed by atoms with E-state index in [0.717, 1.165) is 5.56 Å². The molecule has 0 fully saturated rings. The van der Waals surface area contributed by atoms with E-state index in [4.69, 9.17) is 32.7 Å². The van der Waals surface area contributed by atoms with Gasteiger partial charge in [-0.05, 0) is 29.8 Å². The van der Waals surface area contributed by atoms with Gasteiger partial charge in [-0.3, -0.25) is 0 Å². The molecule has 0 saturated carbocycles. The highest BCUT2D eigenvalue weighted by molar-refractivity contribution is 6.42. The summed E-state index contributed by atoms with van der Waals surface area (Å²) in [4.78, 5) is 0. The Bertz CT molecular complexity index is 664. The summed E-state index contributed by atoms with van der Waals surface area (Å²) < 4.78 is 10.5. The molecule has 1 unspecified atom stereocenters. The molecule has 0 aliphatic heterocycles. The largest absolute Gasteiger partial charge is 0.497 e. The summed E-state index contributed by atoms with van der Waals surface area (Å²) in [5, 5.41) is 14.6. The Morgan fingerprint density at radius 2 is 1.91 bits per heavy atom. The minimum absolute atomic E-state index is 0.340. The summed E-state index contributed by atoms with van der Waals surface area (Å²) in [6.45, 7) is 0.842. The van der Waals surface area contributed by atoms with E-state index in [1.54, 1.807) is 38.5 Å². The van der Waals surface area contributed by atoms with Crippen LogP contribution in [0.4, 0.5) is 0 Å². The number of methoxy groups -OCH3 is 2. The van der Waals surface area contributed by atoms with Crippen LogP contribution in [0.2, 0.25) is 10.0 Å². The first-order valence-electron chi connectivity index (χ1n) is 7.10. The molecule has 23 heavy (non-hydrogen) atoms. The van der Waals surface area contributed by atoms with Crippen molar-refractivity contribution in [2.75, 3.05) is 20.8 Å². The van der Waals surface area contributed by atoms with Crippen molar-refractivity contribution in [3.05, 3.63) is 57.6 Å². The standard InChI is InChI=1S/C17H19Cl2NO3/c1-22-12-6-7-16(23-2)13(8-12)15(21)10-20-9-11-4-3-5-14(18)17(11)19/h3-8,15,20-21H,9-10H2,1-2H3. The summed E-state index contributed by atoms with van der Waals surface area (Å²) >= 11 is 12.1. The Kier molecular flexibility index (Phi) is 6.54. The summed E-state index contributed by atoms with van der Waals surface area (Å²) in [7, 11) is 3.15. The molecule has 6 heteroatoms. The zero-order valence-electron chi connectivity index (χ0n) is 13.0. The van der Waals surface area contributed by atoms with E-state index in [1.165, 1.54) is 0 Å². The molecule has 0 saturated heterocycles. The van der Waals surface area contributed by atoms with Gasteiger partial charge >= 0.3 is 0 Å². The number of hydrogen-bond acceptors (Lipinski definition) is 4. The first-order chi connectivity index (χ1) is 11.1. The minimum atomic E-state index is -0.738. The second-order valence-corrected chi connectivity index (χ2v) is 5.75. The lowest BCUT2D eigenvalue weighted by molar-refractivity contribution is 0.169. The summed E-state index contributed by atoms with van der Waals surface area (Å²) in [6, 6.07) is 10.8. The average molecular weight is 356 g/mol. The second kappa shape index (κ2) is 8.41. The van der Waals surface area contributed by atoms with Gasteiger partial charge in [-0.2, -0.15) is 0 Å². The molecule has 2 aromatic carbocycles. The Hall–Kier alpha value is -1.46. The van der Waals surface area contributed by atoms with E-state index in [0.29, 0.717) is 40.2 Å². The molecule has 0 bridgehead atoms. The lowest BCUT2D eigenvalue weighted by Gasteiger charge is -2.17. The van der Waals surface area contributed by atoms with Crippen LogP contribution in [-0.4, -0.2) is 25.9 Å². The van der Waals surface area contributed by atoms with Crippen LogP contribution < -0.4 is 14.8 Å². The SMILES string of the molecule is COc1ccc(OC)c(C(O)CNCc2cccc(Cl)c2Cl)c1. The molecule has 2 N–H and O–H groups in total. The molecule has 2 rings (SSSR count). The minimum Gasteiger partial charge on any atom is -0.497 e. The molecule has 0 aliphatic rings. The number of nitrogens with one attached hydrogen (secondary N) is 1. The van der Waals surface area contributed by atoms with Gasteiger partial charge in [0.1, 0.15) is 11.5 Å². The van der Waals surface area contributed by atoms with Crippen molar-refractivity contribution < 1.29 is 14.6 Å². The molecule has 4 nitrogen and oxygen atoms in total. The Labute approximate surface area is 145 Å². The molecule has 0 aliphatic carbocycles. The third-order valence-corrected chi connectivity index (χ3v) is 4.34. The monoisotopic (exact) mass is 355 g/mol. The van der Waals surface area contributed by atoms with Gasteiger partial charge < -0.3 is 19.9 Å². The normalized spacial score (nSPS) is 12.0. The quantitative estimate of drug-likeness (QED) is 0.792. The Morgan fingerprint density at radius 3 is 2.61 bits per heavy atom. The van der Waals surface area contributed by atoms with Crippen molar-refractivity contribution in [2.45, 2.75) is 12.6 Å². The fourth-order valence-electron chi connectivity index (χ4n) is 2.24. The molecule has 2 aromatic rings. The van der Waals surface area contributed by atoms with Crippen LogP contribution in [0.25, 0.3) is 0 Å². The lowest BCUT2D eigenvalue weighted by atomic mass is 10.1. The van der Waals surface area contributed by atoms with Crippen molar-refractivity contribution in [1.29, 1.82) is 0 Å². The number of hydrogen-bond donors (Lipinski definition) is 2. The molecule has 0 amide bonds. The number of rotatable bonds is 7. The van der Waals surface area contributed by atoms with Crippen molar-refractivity contribution >= 4 is 23.2 Å². The van der Waals surface area contributed by atoms with E-state index < -0.39 is 6.10 Å². The number of halogens is 2. The predicted octanol–water partition coefficient (Wildman–Crippen LogP) is 3.83. The van der Waals surface area contributed by atoms with Gasteiger partial charge in [0.25, 0.3) is 0 Å². The highest BCUT2D eigenvalue weighted by Crippen LogP contribution is 2.29. The smallest absolute Gasteiger partial charge is 0.124 e. The van der Waals surface area contributed by atoms with Gasteiger partial charge in [-0.1, -0.05) is 35.3 Å². The number of aliphatic hydroxyl groups excluding tert-OH is 1. The predicted molar refractivity (Wildman–Crippen MR) is 92.7 cm³/mol. The molecule has 0 radical (unpaired) electrons. The highest BCUT2D eigenvalue weighted by Gasteiger charge is 2.14. The van der Waals surface area contributed by atoms with Crippen molar-refractivity contribution in [2.24, 2.45) is 0 Å². The van der Waals surface area contributed by atoms with Gasteiger partial charge in [0, 0.05) is 18.7 Å². The fourth-order valence-corrected chi connectivity index (χ4v) is 2.63. The number of aliphatic hydroxyl groups is 1. The van der Waals surface area contributed by atoms with Crippen LogP contribution in [0, 0.1) is 0 Å². The van der Waals surface area contributed by atoms with E-state index >= 15 is 0 Å². The van der Waals surface area contributed by atoms with Crippen molar-refractivity contribution in [1.82, 2.24) is 5.32 Å². The van der Waals surface area contributed by atoms with Gasteiger partial charge in [0.2, 0.25) is 0 Å². The maximum absolute atomic E-state index is 10.4. The Balaban J connectivity index is 2.02. The average Bonchev–Trinajstić information content (AvgIpc) is 2.57. The summed E-state index contributed by atoms with van der Waals surface area (Å²) in [5.41, 5.74) is 1.54. The first kappa shape index (κ1) is 17.9. The van der Waals surface area contributed by atoms with Crippen LogP contribution in [-0.2, 0) is 6.54 Å². The van der Waals surface area contributed by atoms with Crippen LogP contribution >= 0.6 is 23.2 Å². The van der Waals surface area contributed by atoms with Crippen molar-refractivity contribution in [3.8, 4) is 11.5 Å². The highest BCUT2D eigenvalue weighted by atomic mass is 35.5. The van der Waals surface area contributed by atoms with E-state index in [9.17, 15) is 5.11 Å². The number of ether oxygens (including phenoxy) is 2. The van der Waals surface area contributed by atoms with Gasteiger partial charge in [0.15, 0.2) is 0 Å². The van der Waals surface area contributed by atoms with E-state index in [2.05, 4.69) is 5.32 Å². The fraction of sp³-hybridized carbons (Fsp3) is 0.294. The molecular formula is C17H19Cl2NO3. The summed E-state index contributed by atoms with van der Waals surface area (Å²) in [5.74, 6) is 1.28. The van der Waals surface area contributed by atoms with Crippen LogP contribution in [0.3, 0.4) is 0 Å². The third-order valence-electron chi connectivity index (χ3n) is 3.48. The van der Waals surface area contributed by atoms with Gasteiger partial charge in [-0.25, -0.2) is 0 Å². The van der Waals surface area contributed by atoms with E-state index in [1.807, 2.05) is 12.1 Å². The second-order valence-electron chi connectivity index (χ2n) is 4.97. The Morgan fingerprint density at radius 1 is 1.13 bits per heavy atom. The van der Waals surface area contributed by atoms with Crippen LogP contribution in [0.5, 0.6) is 11.5 Å². The van der Waals surface area contributed by atoms with Gasteiger partial charge in [-0.15, -0.1) is 0 Å². The molecule has 1 atom stereocenters. The van der Waals surface area contributed by atoms with Crippen molar-refractivity contribution in [3.63, 3.8) is 0 Å². The first-order valence-corrected chi connectivity index (χ1v) is 7.86. The maximum atomic E-state index is 10.4. The molecule has 0 aromatic heterocycles. The number of benzene rings is 2. The van der Waals surface area contributed by atoms with Crippen LogP contribution in [0.1, 0.15) is 17.2 Å². The zero-order chi connectivity index (χ0) is 16.8. The van der Waals surface area contributed by atoms with Gasteiger partial charge in [0.05, 0.1) is 30.4 Å². The zero-order valence-corrected chi connectivity index (χ0v) is 14.5. The molecular weight excluding hydrogens is 337 g/mol. The molecule has 124 valence electrons. The molecule has 0 spiro atoms. The molecule has 0 heterocycles. The lowest BCUT2D eigenvalue weighted by Crippen LogP contribution is -2.21. The van der Waals surface area contributed by atoms with E-state index in [-0.39, 0.29) is 0 Å². The maximum Gasteiger partial charge on any atom is 0.124 e. The van der Waals surface area contributed by atoms with Crippen LogP contribution in [0.15, 0.2) is 36.4 Å². The topological polar surface area (TPSA) is 50.7 Å².